The van der Waals surface area contributed by atoms with Crippen molar-refractivity contribution >= 4 is 35.8 Å². The number of carboxylic acid groups (broad SMARTS) is 1. The Kier molecular flexibility index (Phi) is 8.86. The third-order valence-electron chi connectivity index (χ3n) is 8.91. The number of nitrogens with zero attached hydrogens (tertiary/aromatic N) is 2. The molecule has 10 nitrogen and oxygen atoms in total. The molecular weight excluding hydrogens is 524 g/mol. The molecule has 212 valence electrons. The van der Waals surface area contributed by atoms with Crippen molar-refractivity contribution in [2.75, 3.05) is 26.2 Å². The maximum absolute atomic E-state index is 13.1. The molecule has 6 rings (SSSR count). The number of rotatable bonds is 5. The van der Waals surface area contributed by atoms with Crippen LogP contribution in [0.2, 0.25) is 5.02 Å². The van der Waals surface area contributed by atoms with E-state index < -0.39 is 11.9 Å². The van der Waals surface area contributed by atoms with E-state index in [1.54, 1.807) is 4.90 Å². The lowest BCUT2D eigenvalue weighted by Gasteiger charge is -2.46. The van der Waals surface area contributed by atoms with Crippen LogP contribution in [-0.2, 0) is 25.7 Å². The molecule has 4 fully saturated rings. The molecule has 0 bridgehead atoms. The predicted octanol–water partition coefficient (Wildman–Crippen LogP) is 2.28. The van der Waals surface area contributed by atoms with Crippen LogP contribution in [0.15, 0.2) is 12.1 Å². The molecule has 39 heavy (non-hydrogen) atoms. The highest BCUT2D eigenvalue weighted by molar-refractivity contribution is 6.33. The van der Waals surface area contributed by atoms with Gasteiger partial charge in [-0.05, 0) is 88.7 Å². The van der Waals surface area contributed by atoms with Crippen LogP contribution in [0.3, 0.4) is 0 Å². The van der Waals surface area contributed by atoms with Crippen molar-refractivity contribution in [1.29, 1.82) is 0 Å². The first-order valence-corrected chi connectivity index (χ1v) is 14.4. The quantitative estimate of drug-likeness (QED) is 0.370. The summed E-state index contributed by atoms with van der Waals surface area (Å²) in [6, 6.07) is 3.91. The molecule has 4 heterocycles. The lowest BCUT2D eigenvalue weighted by molar-refractivity contribution is -0.137. The van der Waals surface area contributed by atoms with Gasteiger partial charge in [-0.1, -0.05) is 17.7 Å². The number of carbonyl (C=O) groups excluding carboxylic acids is 3. The van der Waals surface area contributed by atoms with Gasteiger partial charge in [0.05, 0.1) is 12.2 Å². The number of hydrogen-bond donors (Lipinski definition) is 3. The molecule has 1 aromatic carbocycles. The van der Waals surface area contributed by atoms with Crippen molar-refractivity contribution in [3.05, 3.63) is 33.8 Å². The van der Waals surface area contributed by atoms with E-state index in [-0.39, 0.29) is 24.7 Å². The van der Waals surface area contributed by atoms with Crippen molar-refractivity contribution in [3.8, 4) is 0 Å². The van der Waals surface area contributed by atoms with Gasteiger partial charge in [-0.2, -0.15) is 0 Å². The number of fused-ring (bicyclic) bond motifs is 1. The van der Waals surface area contributed by atoms with Gasteiger partial charge >= 0.3 is 0 Å². The van der Waals surface area contributed by atoms with Crippen LogP contribution in [0.1, 0.15) is 78.8 Å². The predicted molar refractivity (Wildman–Crippen MR) is 144 cm³/mol. The zero-order chi connectivity index (χ0) is 27.5. The van der Waals surface area contributed by atoms with E-state index in [0.717, 1.165) is 75.8 Å². The van der Waals surface area contributed by atoms with Gasteiger partial charge in [-0.3, -0.25) is 24.5 Å². The van der Waals surface area contributed by atoms with E-state index >= 15 is 0 Å². The van der Waals surface area contributed by atoms with Crippen molar-refractivity contribution in [3.63, 3.8) is 0 Å². The molecule has 0 aromatic heterocycles. The summed E-state index contributed by atoms with van der Waals surface area (Å²) in [6.07, 6.45) is 8.13. The largest absolute Gasteiger partial charge is 0.483 e. The Bertz CT molecular complexity index is 1100. The summed E-state index contributed by atoms with van der Waals surface area (Å²) in [6.45, 7) is 4.34. The first kappa shape index (κ1) is 28.0. The number of nitrogens with one attached hydrogen (secondary N) is 2. The Morgan fingerprint density at radius 1 is 1.00 bits per heavy atom. The second kappa shape index (κ2) is 12.3. The summed E-state index contributed by atoms with van der Waals surface area (Å²) in [4.78, 5) is 49.5. The van der Waals surface area contributed by atoms with Crippen molar-refractivity contribution in [1.82, 2.24) is 20.4 Å². The van der Waals surface area contributed by atoms with Gasteiger partial charge in [0.15, 0.2) is 0 Å². The molecule has 1 aliphatic carbocycles. The third kappa shape index (κ3) is 5.99. The van der Waals surface area contributed by atoms with Crippen LogP contribution in [0, 0.1) is 0 Å². The fraction of sp³-hybridized carbons (Fsp3) is 0.643. The molecule has 4 aliphatic heterocycles. The highest BCUT2D eigenvalue weighted by atomic mass is 35.5. The Balaban J connectivity index is 0.000000983. The second-order valence-corrected chi connectivity index (χ2v) is 11.5. The number of ether oxygens (including phenoxy) is 1. The second-order valence-electron chi connectivity index (χ2n) is 11.1. The summed E-state index contributed by atoms with van der Waals surface area (Å²) >= 11 is 6.90. The molecule has 3 saturated heterocycles. The van der Waals surface area contributed by atoms with Crippen LogP contribution in [-0.4, -0.2) is 89.6 Å². The Morgan fingerprint density at radius 2 is 1.69 bits per heavy atom. The standard InChI is InChI=1S/C27H35ClN4O4.CH2O2/c28-25-20(1-2-21-22(25)15-32(27(21)35)23-3-4-24(33)30-26(23)34)16-7-11-31(12-8-16)17-13-19(14-17)36-18-5-9-29-10-6-18;2-1-3/h1-2,16-19,23,29H,3-15H2,(H,30,33,34);1H,(H,2,3). The summed E-state index contributed by atoms with van der Waals surface area (Å²) in [5.74, 6) is -0.469. The molecule has 0 spiro atoms. The molecule has 1 aromatic rings. The molecule has 0 radical (unpaired) electrons. The van der Waals surface area contributed by atoms with Crippen molar-refractivity contribution in [2.45, 2.75) is 88.1 Å². The molecule has 1 atom stereocenters. The van der Waals surface area contributed by atoms with E-state index in [1.165, 1.54) is 0 Å². The van der Waals surface area contributed by atoms with Gasteiger partial charge in [0.25, 0.3) is 12.4 Å². The van der Waals surface area contributed by atoms with E-state index in [9.17, 15) is 14.4 Å². The Morgan fingerprint density at radius 3 is 2.36 bits per heavy atom. The Hall–Kier alpha value is -2.53. The fourth-order valence-electron chi connectivity index (χ4n) is 6.66. The highest BCUT2D eigenvalue weighted by Gasteiger charge is 2.41. The lowest BCUT2D eigenvalue weighted by Crippen LogP contribution is -2.52. The van der Waals surface area contributed by atoms with Gasteiger partial charge in [0.2, 0.25) is 11.8 Å². The zero-order valence-electron chi connectivity index (χ0n) is 22.1. The molecular formula is C28H37ClN4O6. The van der Waals surface area contributed by atoms with E-state index in [2.05, 4.69) is 15.5 Å². The lowest BCUT2D eigenvalue weighted by atomic mass is 9.83. The molecule has 1 unspecified atom stereocenters. The SMILES string of the molecule is O=C1CCC(N2Cc3c(ccc(C4CCN(C5CC(OC6CCNCC6)C5)CC4)c3Cl)C2=O)C(=O)N1.O=CO. The average Bonchev–Trinajstić information content (AvgIpc) is 3.24. The van der Waals surface area contributed by atoms with Crippen LogP contribution in [0.25, 0.3) is 0 Å². The summed E-state index contributed by atoms with van der Waals surface area (Å²) in [5, 5.41) is 13.3. The minimum Gasteiger partial charge on any atom is -0.483 e. The third-order valence-corrected chi connectivity index (χ3v) is 9.35. The first-order valence-electron chi connectivity index (χ1n) is 14.0. The van der Waals surface area contributed by atoms with Crippen LogP contribution >= 0.6 is 11.6 Å². The number of hydrogen-bond acceptors (Lipinski definition) is 7. The van der Waals surface area contributed by atoms with Gasteiger partial charge in [-0.15, -0.1) is 0 Å². The van der Waals surface area contributed by atoms with Gasteiger partial charge < -0.3 is 25.0 Å². The van der Waals surface area contributed by atoms with E-state index in [0.29, 0.717) is 47.7 Å². The number of imide groups is 1. The maximum atomic E-state index is 13.1. The first-order chi connectivity index (χ1) is 18.9. The number of halogens is 1. The van der Waals surface area contributed by atoms with Crippen molar-refractivity contribution in [2.24, 2.45) is 0 Å². The van der Waals surface area contributed by atoms with Crippen LogP contribution in [0.5, 0.6) is 0 Å². The zero-order valence-corrected chi connectivity index (χ0v) is 22.8. The van der Waals surface area contributed by atoms with Gasteiger partial charge in [0.1, 0.15) is 6.04 Å². The minimum atomic E-state index is -0.615. The minimum absolute atomic E-state index is 0.172. The number of carbonyl (C=O) groups is 4. The summed E-state index contributed by atoms with van der Waals surface area (Å²) in [5.41, 5.74) is 2.53. The monoisotopic (exact) mass is 560 g/mol. The molecule has 3 amide bonds. The van der Waals surface area contributed by atoms with Gasteiger partial charge in [-0.25, -0.2) is 0 Å². The smallest absolute Gasteiger partial charge is 0.290 e. The number of piperidine rings is 3. The fourth-order valence-corrected chi connectivity index (χ4v) is 7.04. The topological polar surface area (TPSA) is 128 Å². The highest BCUT2D eigenvalue weighted by Crippen LogP contribution is 2.41. The van der Waals surface area contributed by atoms with Crippen molar-refractivity contribution < 1.29 is 29.0 Å². The summed E-state index contributed by atoms with van der Waals surface area (Å²) in [7, 11) is 0. The maximum Gasteiger partial charge on any atom is 0.290 e. The van der Waals surface area contributed by atoms with Gasteiger partial charge in [0, 0.05) is 35.2 Å². The average molecular weight is 561 g/mol. The van der Waals surface area contributed by atoms with Crippen LogP contribution in [0.4, 0.5) is 0 Å². The molecule has 1 saturated carbocycles. The van der Waals surface area contributed by atoms with E-state index in [4.69, 9.17) is 26.2 Å². The normalized spacial score (nSPS) is 28.3. The number of likely N-dealkylation sites (tertiary alicyclic amines) is 1. The number of amides is 3. The molecule has 3 N–H and O–H groups in total. The molecule has 5 aliphatic rings. The van der Waals surface area contributed by atoms with Crippen LogP contribution < -0.4 is 10.6 Å². The van der Waals surface area contributed by atoms with E-state index in [1.807, 2.05) is 12.1 Å². The summed E-state index contributed by atoms with van der Waals surface area (Å²) < 4.78 is 6.31. The number of benzene rings is 1. The molecule has 11 heteroatoms. The Labute approximate surface area is 233 Å².